The van der Waals surface area contributed by atoms with Gasteiger partial charge in [-0.1, -0.05) is 72.6 Å². The molecule has 3 heteroatoms. The number of allylic oxidation sites excluding steroid dienone is 2. The number of aryl methyl sites for hydroxylation is 1. The van der Waals surface area contributed by atoms with Gasteiger partial charge < -0.3 is 5.32 Å². The van der Waals surface area contributed by atoms with Crippen LogP contribution in [0, 0.1) is 5.92 Å². The average Bonchev–Trinajstić information content (AvgIpc) is 3.07. The molecule has 0 radical (unpaired) electrons. The predicted molar refractivity (Wildman–Crippen MR) is 98.6 cm³/mol. The molecule has 2 aliphatic rings. The molecule has 0 bridgehead atoms. The molecule has 0 fully saturated rings. The van der Waals surface area contributed by atoms with E-state index < -0.39 is 0 Å². The standard InChI is InChI=1S/C20H19Cl2N/c1-2-12-6-8-13(9-7-12)19-15-5-3-4-14(15)16-10-11-17(21)18(22)20(16)23-19/h3-4,6-11,14-15,19,23H,2,5H2,1H3/t14-,15-,19+/m1/s1. The fraction of sp³-hybridized carbons (Fsp3) is 0.300. The van der Waals surface area contributed by atoms with Gasteiger partial charge in [-0.25, -0.2) is 0 Å². The van der Waals surface area contributed by atoms with Gasteiger partial charge in [0, 0.05) is 5.92 Å². The van der Waals surface area contributed by atoms with Crippen LogP contribution in [-0.2, 0) is 6.42 Å². The summed E-state index contributed by atoms with van der Waals surface area (Å²) >= 11 is 12.7. The Hall–Kier alpha value is -1.44. The first-order valence-electron chi connectivity index (χ1n) is 8.19. The van der Waals surface area contributed by atoms with Crippen LogP contribution in [0.2, 0.25) is 10.0 Å². The van der Waals surface area contributed by atoms with Crippen molar-refractivity contribution in [2.45, 2.75) is 31.7 Å². The normalized spacial score (nSPS) is 24.9. The van der Waals surface area contributed by atoms with Gasteiger partial charge in [0.25, 0.3) is 0 Å². The number of hydrogen-bond acceptors (Lipinski definition) is 1. The molecule has 0 saturated carbocycles. The van der Waals surface area contributed by atoms with Crippen LogP contribution < -0.4 is 5.32 Å². The lowest BCUT2D eigenvalue weighted by Crippen LogP contribution is -2.29. The van der Waals surface area contributed by atoms with Crippen molar-refractivity contribution < 1.29 is 0 Å². The minimum atomic E-state index is 0.268. The summed E-state index contributed by atoms with van der Waals surface area (Å²) in [6.07, 6.45) is 6.78. The maximum atomic E-state index is 6.48. The summed E-state index contributed by atoms with van der Waals surface area (Å²) in [5.74, 6) is 0.948. The number of anilines is 1. The van der Waals surface area contributed by atoms with E-state index in [0.29, 0.717) is 21.9 Å². The van der Waals surface area contributed by atoms with E-state index in [1.807, 2.05) is 6.07 Å². The number of fused-ring (bicyclic) bond motifs is 3. The lowest BCUT2D eigenvalue weighted by atomic mass is 9.77. The zero-order valence-corrected chi connectivity index (χ0v) is 14.5. The second-order valence-electron chi connectivity index (χ2n) is 6.40. The Kier molecular flexibility index (Phi) is 3.87. The van der Waals surface area contributed by atoms with E-state index in [1.54, 1.807) is 0 Å². The minimum absolute atomic E-state index is 0.268. The molecule has 118 valence electrons. The quantitative estimate of drug-likeness (QED) is 0.623. The van der Waals surface area contributed by atoms with Crippen LogP contribution in [0.1, 0.15) is 42.0 Å². The largest absolute Gasteiger partial charge is 0.376 e. The third kappa shape index (κ3) is 2.47. The van der Waals surface area contributed by atoms with Crippen LogP contribution >= 0.6 is 23.2 Å². The maximum absolute atomic E-state index is 6.48. The number of halogens is 2. The number of hydrogen-bond donors (Lipinski definition) is 1. The molecule has 2 aromatic carbocycles. The first kappa shape index (κ1) is 15.1. The van der Waals surface area contributed by atoms with Crippen molar-refractivity contribution in [3.05, 3.63) is 75.3 Å². The highest BCUT2D eigenvalue weighted by Gasteiger charge is 2.38. The smallest absolute Gasteiger partial charge is 0.0826 e. The van der Waals surface area contributed by atoms with Crippen molar-refractivity contribution in [1.29, 1.82) is 0 Å². The highest BCUT2D eigenvalue weighted by molar-refractivity contribution is 6.43. The van der Waals surface area contributed by atoms with Gasteiger partial charge in [-0.3, -0.25) is 0 Å². The van der Waals surface area contributed by atoms with Crippen molar-refractivity contribution >= 4 is 28.9 Å². The summed E-state index contributed by atoms with van der Waals surface area (Å²) in [5.41, 5.74) is 4.95. The summed E-state index contributed by atoms with van der Waals surface area (Å²) in [7, 11) is 0. The van der Waals surface area contributed by atoms with Crippen molar-refractivity contribution in [2.24, 2.45) is 5.92 Å². The van der Waals surface area contributed by atoms with E-state index >= 15 is 0 Å². The van der Waals surface area contributed by atoms with Crippen LogP contribution in [0.3, 0.4) is 0 Å². The molecule has 1 nitrogen and oxygen atoms in total. The molecule has 0 saturated heterocycles. The third-order valence-corrected chi connectivity index (χ3v) is 5.98. The Labute approximate surface area is 147 Å². The Bertz CT molecular complexity index is 764. The van der Waals surface area contributed by atoms with Gasteiger partial charge in [0.05, 0.1) is 21.8 Å². The highest BCUT2D eigenvalue weighted by atomic mass is 35.5. The molecule has 23 heavy (non-hydrogen) atoms. The van der Waals surface area contributed by atoms with Crippen LogP contribution in [0.5, 0.6) is 0 Å². The van der Waals surface area contributed by atoms with Crippen molar-refractivity contribution in [2.75, 3.05) is 5.32 Å². The van der Waals surface area contributed by atoms with Crippen LogP contribution in [0.15, 0.2) is 48.6 Å². The van der Waals surface area contributed by atoms with Crippen LogP contribution in [0.4, 0.5) is 5.69 Å². The molecule has 1 aliphatic carbocycles. The molecule has 2 aromatic rings. The lowest BCUT2D eigenvalue weighted by molar-refractivity contribution is 0.425. The highest BCUT2D eigenvalue weighted by Crippen LogP contribution is 2.52. The molecule has 1 aliphatic heterocycles. The Morgan fingerprint density at radius 3 is 2.61 bits per heavy atom. The van der Waals surface area contributed by atoms with Gasteiger partial charge in [0.1, 0.15) is 0 Å². The van der Waals surface area contributed by atoms with Gasteiger partial charge in [0.2, 0.25) is 0 Å². The Morgan fingerprint density at radius 1 is 1.09 bits per heavy atom. The summed E-state index contributed by atoms with van der Waals surface area (Å²) in [6.45, 7) is 2.18. The monoisotopic (exact) mass is 343 g/mol. The van der Waals surface area contributed by atoms with Crippen molar-refractivity contribution in [3.8, 4) is 0 Å². The fourth-order valence-electron chi connectivity index (χ4n) is 3.89. The fourth-order valence-corrected chi connectivity index (χ4v) is 4.28. The second kappa shape index (κ2) is 5.89. The third-order valence-electron chi connectivity index (χ3n) is 5.17. The molecule has 1 heterocycles. The second-order valence-corrected chi connectivity index (χ2v) is 7.18. The van der Waals surface area contributed by atoms with Gasteiger partial charge >= 0.3 is 0 Å². The molecule has 0 unspecified atom stereocenters. The SMILES string of the molecule is CCc1ccc([C@@H]2Nc3c(ccc(Cl)c3Cl)[C@@H]3C=CC[C@H]32)cc1. The molecular formula is C20H19Cl2N. The number of rotatable bonds is 2. The molecule has 3 atom stereocenters. The van der Waals surface area contributed by atoms with Gasteiger partial charge in [-0.2, -0.15) is 0 Å². The topological polar surface area (TPSA) is 12.0 Å². The van der Waals surface area contributed by atoms with Crippen LogP contribution in [-0.4, -0.2) is 0 Å². The van der Waals surface area contributed by atoms with Crippen molar-refractivity contribution in [3.63, 3.8) is 0 Å². The Morgan fingerprint density at radius 2 is 1.87 bits per heavy atom. The van der Waals surface area contributed by atoms with E-state index in [1.165, 1.54) is 16.7 Å². The maximum Gasteiger partial charge on any atom is 0.0826 e. The first-order chi connectivity index (χ1) is 11.2. The van der Waals surface area contributed by atoms with E-state index in [-0.39, 0.29) is 6.04 Å². The molecule has 0 aromatic heterocycles. The van der Waals surface area contributed by atoms with E-state index in [9.17, 15) is 0 Å². The lowest BCUT2D eigenvalue weighted by Gasteiger charge is -2.38. The van der Waals surface area contributed by atoms with E-state index in [0.717, 1.165) is 18.5 Å². The first-order valence-corrected chi connectivity index (χ1v) is 8.94. The predicted octanol–water partition coefficient (Wildman–Crippen LogP) is 6.38. The molecule has 0 spiro atoms. The van der Waals surface area contributed by atoms with Crippen LogP contribution in [0.25, 0.3) is 0 Å². The molecule has 1 N–H and O–H groups in total. The average molecular weight is 344 g/mol. The van der Waals surface area contributed by atoms with Gasteiger partial charge in [-0.05, 0) is 41.5 Å². The summed E-state index contributed by atoms with van der Waals surface area (Å²) in [6, 6.07) is 13.2. The number of benzene rings is 2. The van der Waals surface area contributed by atoms with Gasteiger partial charge in [-0.15, -0.1) is 0 Å². The molecule has 0 amide bonds. The summed E-state index contributed by atoms with van der Waals surface area (Å²) in [5, 5.41) is 4.92. The Balaban J connectivity index is 1.78. The van der Waals surface area contributed by atoms with E-state index in [4.69, 9.17) is 23.2 Å². The number of nitrogens with one attached hydrogen (secondary N) is 1. The molecular weight excluding hydrogens is 325 g/mol. The summed E-state index contributed by atoms with van der Waals surface area (Å²) in [4.78, 5) is 0. The zero-order chi connectivity index (χ0) is 16.0. The zero-order valence-electron chi connectivity index (χ0n) is 13.0. The minimum Gasteiger partial charge on any atom is -0.376 e. The summed E-state index contributed by atoms with van der Waals surface area (Å²) < 4.78 is 0. The van der Waals surface area contributed by atoms with Gasteiger partial charge in [0.15, 0.2) is 0 Å². The van der Waals surface area contributed by atoms with E-state index in [2.05, 4.69) is 54.7 Å². The molecule has 4 rings (SSSR count). The van der Waals surface area contributed by atoms with Crippen molar-refractivity contribution in [1.82, 2.24) is 0 Å².